The van der Waals surface area contributed by atoms with Crippen molar-refractivity contribution < 1.29 is 9.90 Å². The molecule has 0 radical (unpaired) electrons. The van der Waals surface area contributed by atoms with Gasteiger partial charge in [-0.2, -0.15) is 4.80 Å². The molecule has 0 bridgehead atoms. The van der Waals surface area contributed by atoms with Crippen molar-refractivity contribution in [2.75, 3.05) is 0 Å². The number of benzene rings is 1. The number of tetrazole rings is 1. The molecule has 0 unspecified atom stereocenters. The Morgan fingerprint density at radius 2 is 2.29 bits per heavy atom. The second-order valence-electron chi connectivity index (χ2n) is 3.59. The van der Waals surface area contributed by atoms with E-state index in [9.17, 15) is 4.79 Å². The van der Waals surface area contributed by atoms with E-state index in [0.717, 1.165) is 6.42 Å². The Kier molecular flexibility index (Phi) is 3.13. The van der Waals surface area contributed by atoms with Gasteiger partial charge in [-0.15, -0.1) is 10.2 Å². The molecule has 2 aromatic rings. The van der Waals surface area contributed by atoms with Crippen molar-refractivity contribution in [3.63, 3.8) is 0 Å². The molecule has 6 heteroatoms. The Balaban J connectivity index is 2.32. The zero-order valence-corrected chi connectivity index (χ0v) is 9.37. The predicted octanol–water partition coefficient (Wildman–Crippen LogP) is 1.45. The lowest BCUT2D eigenvalue weighted by Crippen LogP contribution is -2.01. The lowest BCUT2D eigenvalue weighted by molar-refractivity contribution is 0.0697. The molecule has 1 aromatic carbocycles. The molecule has 17 heavy (non-hydrogen) atoms. The first-order valence-electron chi connectivity index (χ1n) is 5.32. The lowest BCUT2D eigenvalue weighted by Gasteiger charge is -1.97. The number of aryl methyl sites for hydroxylation is 1. The van der Waals surface area contributed by atoms with E-state index in [1.807, 2.05) is 6.92 Å². The molecule has 0 amide bonds. The van der Waals surface area contributed by atoms with Crippen LogP contribution in [0.15, 0.2) is 24.3 Å². The highest BCUT2D eigenvalue weighted by atomic mass is 16.4. The van der Waals surface area contributed by atoms with Gasteiger partial charge in [0.1, 0.15) is 0 Å². The molecule has 0 aliphatic heterocycles. The smallest absolute Gasteiger partial charge is 0.335 e. The molecular weight excluding hydrogens is 220 g/mol. The molecule has 0 atom stereocenters. The van der Waals surface area contributed by atoms with Gasteiger partial charge in [-0.05, 0) is 23.8 Å². The van der Waals surface area contributed by atoms with E-state index >= 15 is 0 Å². The molecule has 0 spiro atoms. The molecule has 0 saturated carbocycles. The van der Waals surface area contributed by atoms with E-state index < -0.39 is 5.97 Å². The van der Waals surface area contributed by atoms with Crippen LogP contribution in [0.25, 0.3) is 11.4 Å². The summed E-state index contributed by atoms with van der Waals surface area (Å²) in [5.41, 5.74) is 0.876. The normalized spacial score (nSPS) is 10.4. The highest BCUT2D eigenvalue weighted by Gasteiger charge is 2.08. The summed E-state index contributed by atoms with van der Waals surface area (Å²) in [5, 5.41) is 20.8. The van der Waals surface area contributed by atoms with Crippen LogP contribution in [-0.2, 0) is 6.54 Å². The largest absolute Gasteiger partial charge is 0.478 e. The Bertz CT molecular complexity index is 536. The maximum Gasteiger partial charge on any atom is 0.335 e. The van der Waals surface area contributed by atoms with Crippen molar-refractivity contribution in [1.82, 2.24) is 20.2 Å². The fourth-order valence-corrected chi connectivity index (χ4v) is 1.44. The van der Waals surface area contributed by atoms with Crippen LogP contribution in [0.1, 0.15) is 23.7 Å². The van der Waals surface area contributed by atoms with E-state index in [-0.39, 0.29) is 5.56 Å². The number of aromatic nitrogens is 4. The maximum absolute atomic E-state index is 10.8. The second kappa shape index (κ2) is 4.73. The molecule has 88 valence electrons. The molecule has 0 saturated heterocycles. The minimum absolute atomic E-state index is 0.217. The summed E-state index contributed by atoms with van der Waals surface area (Å²) in [7, 11) is 0. The van der Waals surface area contributed by atoms with Gasteiger partial charge >= 0.3 is 5.97 Å². The second-order valence-corrected chi connectivity index (χ2v) is 3.59. The highest BCUT2D eigenvalue weighted by molar-refractivity contribution is 5.88. The van der Waals surface area contributed by atoms with E-state index in [2.05, 4.69) is 15.4 Å². The Morgan fingerprint density at radius 1 is 1.47 bits per heavy atom. The zero-order chi connectivity index (χ0) is 12.3. The van der Waals surface area contributed by atoms with Crippen LogP contribution in [0.2, 0.25) is 0 Å². The van der Waals surface area contributed by atoms with Crippen molar-refractivity contribution in [2.45, 2.75) is 19.9 Å². The molecule has 1 heterocycles. The van der Waals surface area contributed by atoms with Crippen LogP contribution in [0, 0.1) is 0 Å². The summed E-state index contributed by atoms with van der Waals surface area (Å²) >= 11 is 0. The summed E-state index contributed by atoms with van der Waals surface area (Å²) in [4.78, 5) is 12.3. The van der Waals surface area contributed by atoms with Crippen molar-refractivity contribution >= 4 is 5.97 Å². The molecule has 1 aromatic heterocycles. The number of carbonyl (C=O) groups is 1. The molecule has 0 aliphatic carbocycles. The first kappa shape index (κ1) is 11.3. The van der Waals surface area contributed by atoms with Gasteiger partial charge in [0.2, 0.25) is 5.82 Å². The van der Waals surface area contributed by atoms with E-state index in [1.165, 1.54) is 16.9 Å². The number of carboxylic acid groups (broad SMARTS) is 1. The summed E-state index contributed by atoms with van der Waals surface area (Å²) in [5.74, 6) is -0.519. The first-order valence-corrected chi connectivity index (χ1v) is 5.32. The number of nitrogens with zero attached hydrogens (tertiary/aromatic N) is 4. The standard InChI is InChI=1S/C11H12N4O2/c1-2-6-15-13-10(12-14-15)8-4-3-5-9(7-8)11(16)17/h3-5,7H,2,6H2,1H3,(H,16,17). The van der Waals surface area contributed by atoms with Gasteiger partial charge in [0.05, 0.1) is 12.1 Å². The number of aromatic carboxylic acids is 1. The number of hydrogen-bond donors (Lipinski definition) is 1. The third-order valence-electron chi connectivity index (χ3n) is 2.24. The number of hydrogen-bond acceptors (Lipinski definition) is 4. The zero-order valence-electron chi connectivity index (χ0n) is 9.37. The molecule has 0 aliphatic rings. The van der Waals surface area contributed by atoms with Crippen LogP contribution in [0.5, 0.6) is 0 Å². The molecule has 6 nitrogen and oxygen atoms in total. The number of rotatable bonds is 4. The molecular formula is C11H12N4O2. The molecule has 2 rings (SSSR count). The highest BCUT2D eigenvalue weighted by Crippen LogP contribution is 2.15. The summed E-state index contributed by atoms with van der Waals surface area (Å²) in [6.45, 7) is 2.72. The number of carboxylic acids is 1. The van der Waals surface area contributed by atoms with Gasteiger partial charge < -0.3 is 5.11 Å². The third-order valence-corrected chi connectivity index (χ3v) is 2.24. The van der Waals surface area contributed by atoms with Crippen LogP contribution in [0.4, 0.5) is 0 Å². The van der Waals surface area contributed by atoms with Crippen LogP contribution in [0.3, 0.4) is 0 Å². The quantitative estimate of drug-likeness (QED) is 0.862. The van der Waals surface area contributed by atoms with Gasteiger partial charge in [-0.1, -0.05) is 19.1 Å². The van der Waals surface area contributed by atoms with E-state index in [0.29, 0.717) is 17.9 Å². The third kappa shape index (κ3) is 2.47. The minimum Gasteiger partial charge on any atom is -0.478 e. The van der Waals surface area contributed by atoms with Crippen molar-refractivity contribution in [3.05, 3.63) is 29.8 Å². The van der Waals surface area contributed by atoms with Crippen LogP contribution < -0.4 is 0 Å². The first-order chi connectivity index (χ1) is 8.20. The van der Waals surface area contributed by atoms with Crippen LogP contribution in [-0.4, -0.2) is 31.3 Å². The van der Waals surface area contributed by atoms with Gasteiger partial charge in [0.15, 0.2) is 0 Å². The Hall–Kier alpha value is -2.24. The topological polar surface area (TPSA) is 80.9 Å². The van der Waals surface area contributed by atoms with E-state index in [1.54, 1.807) is 12.1 Å². The average Bonchev–Trinajstić information content (AvgIpc) is 2.78. The summed E-state index contributed by atoms with van der Waals surface area (Å²) in [6.07, 6.45) is 0.922. The maximum atomic E-state index is 10.8. The van der Waals surface area contributed by atoms with Crippen LogP contribution >= 0.6 is 0 Å². The van der Waals surface area contributed by atoms with Gasteiger partial charge in [-0.3, -0.25) is 0 Å². The lowest BCUT2D eigenvalue weighted by atomic mass is 10.1. The fraction of sp³-hybridized carbons (Fsp3) is 0.273. The van der Waals surface area contributed by atoms with Crippen molar-refractivity contribution in [1.29, 1.82) is 0 Å². The average molecular weight is 232 g/mol. The monoisotopic (exact) mass is 232 g/mol. The van der Waals surface area contributed by atoms with Crippen molar-refractivity contribution in [2.24, 2.45) is 0 Å². The van der Waals surface area contributed by atoms with Gasteiger partial charge in [-0.25, -0.2) is 4.79 Å². The molecule has 1 N–H and O–H groups in total. The van der Waals surface area contributed by atoms with Gasteiger partial charge in [0.25, 0.3) is 0 Å². The van der Waals surface area contributed by atoms with Crippen molar-refractivity contribution in [3.8, 4) is 11.4 Å². The Labute approximate surface area is 97.9 Å². The molecule has 0 fully saturated rings. The fourth-order valence-electron chi connectivity index (χ4n) is 1.44. The SMILES string of the molecule is CCCn1nnc(-c2cccc(C(=O)O)c2)n1. The summed E-state index contributed by atoms with van der Waals surface area (Å²) < 4.78 is 0. The van der Waals surface area contributed by atoms with Gasteiger partial charge in [0, 0.05) is 5.56 Å². The Morgan fingerprint density at radius 3 is 3.00 bits per heavy atom. The predicted molar refractivity (Wildman–Crippen MR) is 60.5 cm³/mol. The summed E-state index contributed by atoms with van der Waals surface area (Å²) in [6, 6.07) is 6.50. The van der Waals surface area contributed by atoms with E-state index in [4.69, 9.17) is 5.11 Å². The minimum atomic E-state index is -0.965.